The zero-order valence-electron chi connectivity index (χ0n) is 11.5. The quantitative estimate of drug-likeness (QED) is 0.829. The van der Waals surface area contributed by atoms with Gasteiger partial charge in [-0.25, -0.2) is 0 Å². The topological polar surface area (TPSA) is 29.1 Å². The molecule has 1 unspecified atom stereocenters. The van der Waals surface area contributed by atoms with Crippen LogP contribution in [0.2, 0.25) is 0 Å². The fraction of sp³-hybridized carbons (Fsp3) is 0.278. The average Bonchev–Trinajstić information content (AvgIpc) is 2.69. The van der Waals surface area contributed by atoms with Gasteiger partial charge >= 0.3 is 0 Å². The molecule has 0 saturated carbocycles. The zero-order chi connectivity index (χ0) is 13.8. The van der Waals surface area contributed by atoms with Gasteiger partial charge in [-0.2, -0.15) is 0 Å². The Morgan fingerprint density at radius 3 is 2.45 bits per heavy atom. The van der Waals surface area contributed by atoms with Crippen molar-refractivity contribution in [2.24, 2.45) is 0 Å². The lowest BCUT2D eigenvalue weighted by Gasteiger charge is -2.17. The van der Waals surface area contributed by atoms with Crippen LogP contribution in [-0.4, -0.2) is 11.9 Å². The molecule has 0 aliphatic heterocycles. The van der Waals surface area contributed by atoms with Gasteiger partial charge in [-0.05, 0) is 48.9 Å². The average molecular weight is 265 g/mol. The van der Waals surface area contributed by atoms with Crippen LogP contribution in [0.15, 0.2) is 54.6 Å². The Balaban J connectivity index is 1.71. The van der Waals surface area contributed by atoms with Crippen molar-refractivity contribution in [1.82, 2.24) is 5.32 Å². The Hall–Kier alpha value is -2.09. The first-order valence-corrected chi connectivity index (χ1v) is 7.25. The summed E-state index contributed by atoms with van der Waals surface area (Å²) in [6.45, 7) is 0. The number of amides is 1. The van der Waals surface area contributed by atoms with E-state index in [9.17, 15) is 4.79 Å². The molecule has 0 heterocycles. The minimum atomic E-state index is 0.0370. The Morgan fingerprint density at radius 1 is 0.950 bits per heavy atom. The lowest BCUT2D eigenvalue weighted by atomic mass is 10.0. The van der Waals surface area contributed by atoms with Crippen LogP contribution in [0.5, 0.6) is 0 Å². The number of nitrogens with one attached hydrogen (secondary N) is 1. The Bertz CT molecular complexity index is 591. The summed E-state index contributed by atoms with van der Waals surface area (Å²) >= 11 is 0. The molecule has 0 bridgehead atoms. The normalized spacial score (nSPS) is 17.9. The molecule has 1 amide bonds. The largest absolute Gasteiger partial charge is 0.349 e. The maximum atomic E-state index is 12.2. The second-order valence-corrected chi connectivity index (χ2v) is 5.40. The molecule has 1 atom stereocenters. The molecule has 0 spiro atoms. The van der Waals surface area contributed by atoms with Crippen LogP contribution in [0.1, 0.15) is 34.3 Å². The monoisotopic (exact) mass is 265 g/mol. The van der Waals surface area contributed by atoms with E-state index in [2.05, 4.69) is 29.6 Å². The SMILES string of the molecule is O=C(NC1CCCc2ccccc2C1)c1ccccc1. The highest BCUT2D eigenvalue weighted by molar-refractivity contribution is 5.94. The first-order chi connectivity index (χ1) is 9.83. The molecular weight excluding hydrogens is 246 g/mol. The number of fused-ring (bicyclic) bond motifs is 1. The van der Waals surface area contributed by atoms with Gasteiger partial charge < -0.3 is 5.32 Å². The predicted octanol–water partition coefficient (Wildman–Crippen LogP) is 3.36. The zero-order valence-corrected chi connectivity index (χ0v) is 11.5. The molecule has 3 rings (SSSR count). The molecule has 2 aromatic rings. The number of rotatable bonds is 2. The number of hydrogen-bond acceptors (Lipinski definition) is 1. The molecule has 102 valence electrons. The molecule has 2 aromatic carbocycles. The van der Waals surface area contributed by atoms with Gasteiger partial charge in [0.05, 0.1) is 0 Å². The first-order valence-electron chi connectivity index (χ1n) is 7.25. The van der Waals surface area contributed by atoms with E-state index in [1.165, 1.54) is 11.1 Å². The third-order valence-corrected chi connectivity index (χ3v) is 3.95. The van der Waals surface area contributed by atoms with E-state index in [0.29, 0.717) is 0 Å². The van der Waals surface area contributed by atoms with Gasteiger partial charge in [0.2, 0.25) is 0 Å². The van der Waals surface area contributed by atoms with Gasteiger partial charge in [-0.15, -0.1) is 0 Å². The summed E-state index contributed by atoms with van der Waals surface area (Å²) in [7, 11) is 0. The van der Waals surface area contributed by atoms with E-state index in [1.807, 2.05) is 30.3 Å². The van der Waals surface area contributed by atoms with Gasteiger partial charge in [0.15, 0.2) is 0 Å². The second kappa shape index (κ2) is 5.91. The van der Waals surface area contributed by atoms with Crippen molar-refractivity contribution < 1.29 is 4.79 Å². The van der Waals surface area contributed by atoms with Crippen LogP contribution < -0.4 is 5.32 Å². The van der Waals surface area contributed by atoms with Crippen molar-refractivity contribution in [3.05, 3.63) is 71.3 Å². The second-order valence-electron chi connectivity index (χ2n) is 5.40. The fourth-order valence-electron chi connectivity index (χ4n) is 2.89. The Kier molecular flexibility index (Phi) is 3.82. The van der Waals surface area contributed by atoms with E-state index >= 15 is 0 Å². The molecule has 1 aliphatic carbocycles. The number of aryl methyl sites for hydroxylation is 1. The minimum absolute atomic E-state index is 0.0370. The Labute approximate surface area is 119 Å². The van der Waals surface area contributed by atoms with E-state index in [0.717, 1.165) is 31.2 Å². The van der Waals surface area contributed by atoms with E-state index in [-0.39, 0.29) is 11.9 Å². The molecule has 1 N–H and O–H groups in total. The fourth-order valence-corrected chi connectivity index (χ4v) is 2.89. The molecule has 1 aliphatic rings. The Morgan fingerprint density at radius 2 is 1.65 bits per heavy atom. The third-order valence-electron chi connectivity index (χ3n) is 3.95. The van der Waals surface area contributed by atoms with Crippen molar-refractivity contribution in [2.45, 2.75) is 31.7 Å². The number of benzene rings is 2. The predicted molar refractivity (Wildman–Crippen MR) is 80.8 cm³/mol. The highest BCUT2D eigenvalue weighted by Crippen LogP contribution is 2.20. The van der Waals surface area contributed by atoms with Crippen LogP contribution in [0, 0.1) is 0 Å². The number of hydrogen-bond donors (Lipinski definition) is 1. The third kappa shape index (κ3) is 2.90. The van der Waals surface area contributed by atoms with Crippen molar-refractivity contribution >= 4 is 5.91 Å². The van der Waals surface area contributed by atoms with Gasteiger partial charge in [0.25, 0.3) is 5.91 Å². The highest BCUT2D eigenvalue weighted by atomic mass is 16.1. The van der Waals surface area contributed by atoms with Crippen LogP contribution in [0.25, 0.3) is 0 Å². The summed E-state index contributed by atoms with van der Waals surface area (Å²) in [6.07, 6.45) is 4.24. The smallest absolute Gasteiger partial charge is 0.251 e. The van der Waals surface area contributed by atoms with Gasteiger partial charge in [-0.3, -0.25) is 4.79 Å². The van der Waals surface area contributed by atoms with Crippen molar-refractivity contribution in [3.8, 4) is 0 Å². The van der Waals surface area contributed by atoms with Gasteiger partial charge in [0, 0.05) is 11.6 Å². The summed E-state index contributed by atoms with van der Waals surface area (Å²) < 4.78 is 0. The molecule has 20 heavy (non-hydrogen) atoms. The number of carbonyl (C=O) groups is 1. The maximum Gasteiger partial charge on any atom is 0.251 e. The van der Waals surface area contributed by atoms with Crippen molar-refractivity contribution in [3.63, 3.8) is 0 Å². The number of carbonyl (C=O) groups excluding carboxylic acids is 1. The van der Waals surface area contributed by atoms with Gasteiger partial charge in [-0.1, -0.05) is 42.5 Å². The lowest BCUT2D eigenvalue weighted by molar-refractivity contribution is 0.0935. The van der Waals surface area contributed by atoms with Crippen LogP contribution in [-0.2, 0) is 12.8 Å². The molecule has 2 nitrogen and oxygen atoms in total. The molecular formula is C18H19NO. The highest BCUT2D eigenvalue weighted by Gasteiger charge is 2.18. The minimum Gasteiger partial charge on any atom is -0.349 e. The van der Waals surface area contributed by atoms with Crippen molar-refractivity contribution in [1.29, 1.82) is 0 Å². The van der Waals surface area contributed by atoms with Crippen LogP contribution in [0.4, 0.5) is 0 Å². The molecule has 0 saturated heterocycles. The summed E-state index contributed by atoms with van der Waals surface area (Å²) in [5.41, 5.74) is 3.55. The molecule has 0 radical (unpaired) electrons. The first kappa shape index (κ1) is 12.9. The van der Waals surface area contributed by atoms with E-state index < -0.39 is 0 Å². The van der Waals surface area contributed by atoms with Gasteiger partial charge in [0.1, 0.15) is 0 Å². The van der Waals surface area contributed by atoms with E-state index in [1.54, 1.807) is 0 Å². The standard InChI is InChI=1S/C18H19NO/c20-18(15-8-2-1-3-9-15)19-17-12-6-11-14-7-4-5-10-16(14)13-17/h1-5,7-10,17H,6,11-13H2,(H,19,20). The molecule has 0 fully saturated rings. The van der Waals surface area contributed by atoms with Crippen LogP contribution >= 0.6 is 0 Å². The van der Waals surface area contributed by atoms with Crippen molar-refractivity contribution in [2.75, 3.05) is 0 Å². The summed E-state index contributed by atoms with van der Waals surface area (Å²) in [6, 6.07) is 18.3. The summed E-state index contributed by atoms with van der Waals surface area (Å²) in [5.74, 6) is 0.0370. The molecule has 0 aromatic heterocycles. The summed E-state index contributed by atoms with van der Waals surface area (Å²) in [5, 5.41) is 3.18. The van der Waals surface area contributed by atoms with E-state index in [4.69, 9.17) is 0 Å². The molecule has 2 heteroatoms. The summed E-state index contributed by atoms with van der Waals surface area (Å²) in [4.78, 5) is 12.2. The lowest BCUT2D eigenvalue weighted by Crippen LogP contribution is -2.36. The van der Waals surface area contributed by atoms with Crippen LogP contribution in [0.3, 0.4) is 0 Å². The maximum absolute atomic E-state index is 12.2.